The molecule has 19 heavy (non-hydrogen) atoms. The molecule has 0 radical (unpaired) electrons. The summed E-state index contributed by atoms with van der Waals surface area (Å²) in [5.74, 6) is 0.290. The summed E-state index contributed by atoms with van der Waals surface area (Å²) in [7, 11) is 3.71. The second-order valence-corrected chi connectivity index (χ2v) is 5.75. The molecule has 0 aliphatic rings. The van der Waals surface area contributed by atoms with Gasteiger partial charge in [0, 0.05) is 25.2 Å². The summed E-state index contributed by atoms with van der Waals surface area (Å²) in [5.41, 5.74) is 1.09. The van der Waals surface area contributed by atoms with Gasteiger partial charge in [0.2, 0.25) is 0 Å². The second-order valence-electron chi connectivity index (χ2n) is 5.75. The van der Waals surface area contributed by atoms with Crippen LogP contribution in [0.15, 0.2) is 24.3 Å². The molecular weight excluding hydrogens is 241 g/mol. The molecule has 2 atom stereocenters. The average Bonchev–Trinajstić information content (AvgIpc) is 2.37. The van der Waals surface area contributed by atoms with E-state index in [0.717, 1.165) is 18.6 Å². The van der Waals surface area contributed by atoms with Gasteiger partial charge in [0.15, 0.2) is 0 Å². The Balaban J connectivity index is 2.90. The first-order valence-corrected chi connectivity index (χ1v) is 6.85. The number of methoxy groups -OCH3 is 1. The third-order valence-electron chi connectivity index (χ3n) is 4.02. The molecule has 0 fully saturated rings. The van der Waals surface area contributed by atoms with Gasteiger partial charge < -0.3 is 10.1 Å². The van der Waals surface area contributed by atoms with Crippen LogP contribution < -0.4 is 5.32 Å². The van der Waals surface area contributed by atoms with Crippen LogP contribution in [0.3, 0.4) is 0 Å². The Morgan fingerprint density at radius 2 is 1.84 bits per heavy atom. The zero-order chi connectivity index (χ0) is 14.5. The van der Waals surface area contributed by atoms with Gasteiger partial charge in [-0.05, 0) is 37.1 Å². The van der Waals surface area contributed by atoms with Gasteiger partial charge in [-0.1, -0.05) is 32.9 Å². The number of hydrogen-bond donors (Lipinski definition) is 1. The first-order chi connectivity index (χ1) is 8.93. The molecule has 1 aromatic carbocycles. The number of halogens is 1. The molecule has 0 aliphatic carbocycles. The lowest BCUT2D eigenvalue weighted by atomic mass is 9.72. The predicted molar refractivity (Wildman–Crippen MR) is 77.9 cm³/mol. The summed E-state index contributed by atoms with van der Waals surface area (Å²) in [4.78, 5) is 0. The monoisotopic (exact) mass is 267 g/mol. The standard InChI is InChI=1S/C16H26FNO/c1-12(10-11-19-5)15(18-4)16(2,3)13-6-8-14(17)9-7-13/h6-9,12,15,18H,10-11H2,1-5H3. The molecule has 0 aromatic heterocycles. The van der Waals surface area contributed by atoms with Crippen molar-refractivity contribution in [3.63, 3.8) is 0 Å². The van der Waals surface area contributed by atoms with Crippen molar-refractivity contribution in [3.8, 4) is 0 Å². The number of rotatable bonds is 7. The van der Waals surface area contributed by atoms with Crippen molar-refractivity contribution < 1.29 is 9.13 Å². The lowest BCUT2D eigenvalue weighted by Crippen LogP contribution is -2.47. The number of likely N-dealkylation sites (N-methyl/N-ethyl adjacent to an activating group) is 1. The van der Waals surface area contributed by atoms with Crippen LogP contribution in [-0.4, -0.2) is 26.8 Å². The largest absolute Gasteiger partial charge is 0.385 e. The lowest BCUT2D eigenvalue weighted by Gasteiger charge is -2.39. The Labute approximate surface area is 116 Å². The van der Waals surface area contributed by atoms with Gasteiger partial charge in [0.25, 0.3) is 0 Å². The van der Waals surface area contributed by atoms with Crippen LogP contribution in [0, 0.1) is 11.7 Å². The number of nitrogens with one attached hydrogen (secondary N) is 1. The van der Waals surface area contributed by atoms with Crippen LogP contribution in [0.5, 0.6) is 0 Å². The smallest absolute Gasteiger partial charge is 0.123 e. The van der Waals surface area contributed by atoms with Crippen molar-refractivity contribution in [3.05, 3.63) is 35.6 Å². The van der Waals surface area contributed by atoms with E-state index in [4.69, 9.17) is 4.74 Å². The summed E-state index contributed by atoms with van der Waals surface area (Å²) >= 11 is 0. The van der Waals surface area contributed by atoms with Crippen LogP contribution in [0.4, 0.5) is 4.39 Å². The normalized spacial score (nSPS) is 15.3. The van der Waals surface area contributed by atoms with Gasteiger partial charge in [-0.15, -0.1) is 0 Å². The first-order valence-electron chi connectivity index (χ1n) is 6.85. The van der Waals surface area contributed by atoms with E-state index in [1.807, 2.05) is 19.2 Å². The molecule has 2 unspecified atom stereocenters. The molecule has 0 spiro atoms. The van der Waals surface area contributed by atoms with Crippen LogP contribution >= 0.6 is 0 Å². The van der Waals surface area contributed by atoms with Crippen molar-refractivity contribution in [1.82, 2.24) is 5.32 Å². The lowest BCUT2D eigenvalue weighted by molar-refractivity contribution is 0.157. The molecule has 108 valence electrons. The highest BCUT2D eigenvalue weighted by Gasteiger charge is 2.33. The minimum absolute atomic E-state index is 0.0599. The maximum Gasteiger partial charge on any atom is 0.123 e. The molecule has 0 heterocycles. The van der Waals surface area contributed by atoms with E-state index in [1.54, 1.807) is 7.11 Å². The third kappa shape index (κ3) is 4.02. The van der Waals surface area contributed by atoms with Gasteiger partial charge in [-0.2, -0.15) is 0 Å². The molecule has 0 saturated heterocycles. The summed E-state index contributed by atoms with van der Waals surface area (Å²) in [5, 5.41) is 3.41. The zero-order valence-electron chi connectivity index (χ0n) is 12.7. The Morgan fingerprint density at radius 1 is 1.26 bits per heavy atom. The Morgan fingerprint density at radius 3 is 2.32 bits per heavy atom. The molecule has 1 aromatic rings. The first kappa shape index (κ1) is 16.1. The fraction of sp³-hybridized carbons (Fsp3) is 0.625. The second kappa shape index (κ2) is 7.01. The van der Waals surface area contributed by atoms with Crippen LogP contribution in [0.2, 0.25) is 0 Å². The quantitative estimate of drug-likeness (QED) is 0.818. The maximum atomic E-state index is 13.1. The Hall–Kier alpha value is -0.930. The third-order valence-corrected chi connectivity index (χ3v) is 4.02. The SMILES string of the molecule is CNC(C(C)CCOC)C(C)(C)c1ccc(F)cc1. The van der Waals surface area contributed by atoms with Crippen molar-refractivity contribution in [2.45, 2.75) is 38.6 Å². The van der Waals surface area contributed by atoms with Gasteiger partial charge >= 0.3 is 0 Å². The Bertz CT molecular complexity index is 375. The van der Waals surface area contributed by atoms with E-state index in [2.05, 4.69) is 26.1 Å². The summed E-state index contributed by atoms with van der Waals surface area (Å²) in [6.07, 6.45) is 1.01. The molecule has 2 nitrogen and oxygen atoms in total. The van der Waals surface area contributed by atoms with Gasteiger partial charge in [-0.3, -0.25) is 0 Å². The number of benzene rings is 1. The van der Waals surface area contributed by atoms with Crippen molar-refractivity contribution in [2.24, 2.45) is 5.92 Å². The molecule has 0 bridgehead atoms. The van der Waals surface area contributed by atoms with E-state index in [9.17, 15) is 4.39 Å². The molecular formula is C16H26FNO. The van der Waals surface area contributed by atoms with E-state index in [-0.39, 0.29) is 11.2 Å². The molecule has 0 amide bonds. The minimum atomic E-state index is -0.187. The molecule has 1 N–H and O–H groups in total. The van der Waals surface area contributed by atoms with Gasteiger partial charge in [-0.25, -0.2) is 4.39 Å². The highest BCUT2D eigenvalue weighted by molar-refractivity contribution is 5.26. The molecule has 0 saturated carbocycles. The number of ether oxygens (including phenoxy) is 1. The summed E-state index contributed by atoms with van der Waals surface area (Å²) in [6, 6.07) is 7.13. The summed E-state index contributed by atoms with van der Waals surface area (Å²) in [6.45, 7) is 7.39. The van der Waals surface area contributed by atoms with E-state index < -0.39 is 0 Å². The maximum absolute atomic E-state index is 13.1. The van der Waals surface area contributed by atoms with Crippen LogP contribution in [-0.2, 0) is 10.2 Å². The topological polar surface area (TPSA) is 21.3 Å². The van der Waals surface area contributed by atoms with Crippen molar-refractivity contribution in [1.29, 1.82) is 0 Å². The van der Waals surface area contributed by atoms with E-state index >= 15 is 0 Å². The van der Waals surface area contributed by atoms with Crippen molar-refractivity contribution in [2.75, 3.05) is 20.8 Å². The molecule has 3 heteroatoms. The average molecular weight is 267 g/mol. The van der Waals surface area contributed by atoms with E-state index in [1.165, 1.54) is 12.1 Å². The van der Waals surface area contributed by atoms with Crippen molar-refractivity contribution >= 4 is 0 Å². The predicted octanol–water partition coefficient (Wildman–Crippen LogP) is 3.36. The number of hydrogen-bond acceptors (Lipinski definition) is 2. The Kier molecular flexibility index (Phi) is 5.95. The zero-order valence-corrected chi connectivity index (χ0v) is 12.7. The fourth-order valence-corrected chi connectivity index (χ4v) is 2.89. The van der Waals surface area contributed by atoms with Gasteiger partial charge in [0.1, 0.15) is 5.82 Å². The summed E-state index contributed by atoms with van der Waals surface area (Å²) < 4.78 is 18.2. The highest BCUT2D eigenvalue weighted by Crippen LogP contribution is 2.32. The van der Waals surface area contributed by atoms with Crippen LogP contribution in [0.25, 0.3) is 0 Å². The van der Waals surface area contributed by atoms with Gasteiger partial charge in [0.05, 0.1) is 0 Å². The highest BCUT2D eigenvalue weighted by atomic mass is 19.1. The minimum Gasteiger partial charge on any atom is -0.385 e. The fourth-order valence-electron chi connectivity index (χ4n) is 2.89. The molecule has 1 rings (SSSR count). The van der Waals surface area contributed by atoms with Crippen LogP contribution in [0.1, 0.15) is 32.8 Å². The van der Waals surface area contributed by atoms with E-state index in [0.29, 0.717) is 12.0 Å². The molecule has 0 aliphatic heterocycles.